The summed E-state index contributed by atoms with van der Waals surface area (Å²) in [6.45, 7) is 9.38. The molecule has 2 heterocycles. The van der Waals surface area contributed by atoms with Crippen LogP contribution in [0.2, 0.25) is 0 Å². The van der Waals surface area contributed by atoms with Crippen molar-refractivity contribution in [1.82, 2.24) is 10.2 Å². The molecule has 2 aliphatic rings. The normalized spacial score (nSPS) is 18.1. The first kappa shape index (κ1) is 35.4. The molecule has 0 aromatic heterocycles. The Balaban J connectivity index is 0.00000500. The lowest BCUT2D eigenvalue weighted by Crippen LogP contribution is -2.49. The number of carbonyl (C=O) groups is 2. The predicted octanol–water partition coefficient (Wildman–Crippen LogP) is 6.83. The average Bonchev–Trinajstić information content (AvgIpc) is 3.05. The first-order valence-electron chi connectivity index (χ1n) is 15.5. The van der Waals surface area contributed by atoms with E-state index in [9.17, 15) is 19.7 Å². The zero-order valence-electron chi connectivity index (χ0n) is 27.4. The molecule has 1 saturated heterocycles. The van der Waals surface area contributed by atoms with Crippen molar-refractivity contribution in [2.24, 2.45) is 0 Å². The van der Waals surface area contributed by atoms with Crippen molar-refractivity contribution in [3.63, 3.8) is 0 Å². The number of allylic oxidation sites excluding steroid dienone is 2. The Labute approximate surface area is 282 Å². The van der Waals surface area contributed by atoms with Crippen molar-refractivity contribution in [2.45, 2.75) is 57.5 Å². The molecule has 2 aliphatic heterocycles. The van der Waals surface area contributed by atoms with Gasteiger partial charge in [-0.25, -0.2) is 9.59 Å². The topological polar surface area (TPSA) is 111 Å². The van der Waals surface area contributed by atoms with Crippen LogP contribution in [0, 0.1) is 10.1 Å². The SMILES string of the molecule is COC(=O)C1=C(C)NC(C)=C(C(=O)OC(C)(C)CN2CCC(c3ccccc3)(c3ccccc3)CC2)C1c1cccc([N+](=O)[O-])c1.Cl. The molecule has 248 valence electrons. The number of nitro benzene ring substituents is 1. The molecule has 5 rings (SSSR count). The summed E-state index contributed by atoms with van der Waals surface area (Å²) in [4.78, 5) is 40.5. The Kier molecular flexibility index (Phi) is 10.9. The van der Waals surface area contributed by atoms with Gasteiger partial charge in [-0.05, 0) is 70.3 Å². The van der Waals surface area contributed by atoms with Gasteiger partial charge >= 0.3 is 11.9 Å². The van der Waals surface area contributed by atoms with Gasteiger partial charge in [-0.15, -0.1) is 12.4 Å². The number of benzene rings is 3. The largest absolute Gasteiger partial charge is 0.466 e. The van der Waals surface area contributed by atoms with Gasteiger partial charge in [0.2, 0.25) is 0 Å². The first-order chi connectivity index (χ1) is 22.0. The van der Waals surface area contributed by atoms with Crippen LogP contribution in [0.25, 0.3) is 0 Å². The Hall–Kier alpha value is -4.47. The van der Waals surface area contributed by atoms with Gasteiger partial charge in [0.25, 0.3) is 5.69 Å². The van der Waals surface area contributed by atoms with Crippen molar-refractivity contribution < 1.29 is 24.0 Å². The molecule has 3 aromatic rings. The van der Waals surface area contributed by atoms with Gasteiger partial charge in [0, 0.05) is 35.5 Å². The van der Waals surface area contributed by atoms with E-state index >= 15 is 0 Å². The number of nitrogens with zero attached hydrogens (tertiary/aromatic N) is 2. The van der Waals surface area contributed by atoms with Gasteiger partial charge in [0.15, 0.2) is 0 Å². The number of nitro groups is 1. The first-order valence-corrected chi connectivity index (χ1v) is 15.5. The van der Waals surface area contributed by atoms with Crippen LogP contribution in [-0.2, 0) is 24.5 Å². The van der Waals surface area contributed by atoms with E-state index in [2.05, 4.69) is 58.7 Å². The van der Waals surface area contributed by atoms with Crippen LogP contribution in [0.1, 0.15) is 63.1 Å². The van der Waals surface area contributed by atoms with Crippen LogP contribution in [0.5, 0.6) is 0 Å². The molecular formula is C37H42ClN3O6. The fourth-order valence-corrected chi connectivity index (χ4v) is 7.02. The number of hydrogen-bond acceptors (Lipinski definition) is 8. The quantitative estimate of drug-likeness (QED) is 0.151. The lowest BCUT2D eigenvalue weighted by molar-refractivity contribution is -0.384. The molecule has 1 fully saturated rings. The molecule has 0 saturated carbocycles. The summed E-state index contributed by atoms with van der Waals surface area (Å²) < 4.78 is 11.3. The van der Waals surface area contributed by atoms with E-state index in [0.29, 0.717) is 23.5 Å². The number of halogens is 1. The van der Waals surface area contributed by atoms with E-state index in [4.69, 9.17) is 9.47 Å². The van der Waals surface area contributed by atoms with Gasteiger partial charge in [-0.2, -0.15) is 0 Å². The van der Waals surface area contributed by atoms with E-state index in [0.717, 1.165) is 25.9 Å². The number of piperidine rings is 1. The Morgan fingerprint density at radius 1 is 0.894 bits per heavy atom. The predicted molar refractivity (Wildman–Crippen MR) is 183 cm³/mol. The zero-order chi connectivity index (χ0) is 33.1. The van der Waals surface area contributed by atoms with Crippen molar-refractivity contribution in [2.75, 3.05) is 26.7 Å². The summed E-state index contributed by atoms with van der Waals surface area (Å²) in [6, 6.07) is 27.3. The second-order valence-corrected chi connectivity index (χ2v) is 12.7. The lowest BCUT2D eigenvalue weighted by atomic mass is 9.68. The Morgan fingerprint density at radius 3 is 1.94 bits per heavy atom. The number of ether oxygens (including phenoxy) is 2. The molecule has 0 bridgehead atoms. The van der Waals surface area contributed by atoms with Crippen LogP contribution in [-0.4, -0.2) is 54.1 Å². The van der Waals surface area contributed by atoms with Crippen molar-refractivity contribution in [3.05, 3.63) is 134 Å². The van der Waals surface area contributed by atoms with E-state index in [-0.39, 0.29) is 34.7 Å². The fourth-order valence-electron chi connectivity index (χ4n) is 7.02. The highest BCUT2D eigenvalue weighted by Gasteiger charge is 2.42. The lowest BCUT2D eigenvalue weighted by Gasteiger charge is -2.44. The second-order valence-electron chi connectivity index (χ2n) is 12.7. The highest BCUT2D eigenvalue weighted by Crippen LogP contribution is 2.43. The van der Waals surface area contributed by atoms with Gasteiger partial charge in [-0.1, -0.05) is 72.8 Å². The van der Waals surface area contributed by atoms with Gasteiger partial charge in [0.05, 0.1) is 29.1 Å². The summed E-state index contributed by atoms with van der Waals surface area (Å²) in [5.74, 6) is -2.14. The van der Waals surface area contributed by atoms with E-state index in [1.807, 2.05) is 26.0 Å². The van der Waals surface area contributed by atoms with Crippen LogP contribution in [0.4, 0.5) is 5.69 Å². The third-order valence-corrected chi connectivity index (χ3v) is 9.14. The minimum absolute atomic E-state index is 0. The number of non-ortho nitro benzene ring substituents is 1. The van der Waals surface area contributed by atoms with E-state index in [1.54, 1.807) is 26.0 Å². The molecule has 1 unspecified atom stereocenters. The third-order valence-electron chi connectivity index (χ3n) is 9.14. The number of likely N-dealkylation sites (tertiary alicyclic amines) is 1. The summed E-state index contributed by atoms with van der Waals surface area (Å²) in [5, 5.41) is 14.7. The highest BCUT2D eigenvalue weighted by molar-refractivity contribution is 6.00. The minimum Gasteiger partial charge on any atom is -0.466 e. The van der Waals surface area contributed by atoms with E-state index < -0.39 is 28.4 Å². The van der Waals surface area contributed by atoms with Crippen molar-refractivity contribution in [3.8, 4) is 0 Å². The molecule has 0 aliphatic carbocycles. The molecule has 10 heteroatoms. The maximum atomic E-state index is 14.1. The number of dihydropyridines is 1. The second kappa shape index (κ2) is 14.5. The molecule has 0 radical (unpaired) electrons. The molecule has 1 atom stereocenters. The maximum Gasteiger partial charge on any atom is 0.337 e. The Bertz CT molecular complexity index is 1640. The smallest absolute Gasteiger partial charge is 0.337 e. The van der Waals surface area contributed by atoms with Crippen LogP contribution < -0.4 is 5.32 Å². The molecule has 1 N–H and O–H groups in total. The molecule has 9 nitrogen and oxygen atoms in total. The summed E-state index contributed by atoms with van der Waals surface area (Å²) in [6.07, 6.45) is 1.83. The number of nitrogens with one attached hydrogen (secondary N) is 1. The van der Waals surface area contributed by atoms with Crippen LogP contribution in [0.3, 0.4) is 0 Å². The molecule has 47 heavy (non-hydrogen) atoms. The van der Waals surface area contributed by atoms with Gasteiger partial charge < -0.3 is 14.8 Å². The van der Waals surface area contributed by atoms with Crippen LogP contribution >= 0.6 is 12.4 Å². The van der Waals surface area contributed by atoms with E-state index in [1.165, 1.54) is 30.4 Å². The molecule has 0 spiro atoms. The van der Waals surface area contributed by atoms with Gasteiger partial charge in [-0.3, -0.25) is 15.0 Å². The standard InChI is InChI=1S/C37H41N3O6.ClH/c1-25-31(34(41)45-5)33(27-13-12-18-30(23-27)40(43)44)32(26(2)38-25)35(42)46-36(3,4)24-39-21-19-37(20-22-39,28-14-8-6-9-15-28)29-16-10-7-11-17-29;/h6-18,23,33,38H,19-22,24H2,1-5H3;1H. The number of methoxy groups -OCH3 is 1. The Morgan fingerprint density at radius 2 is 1.43 bits per heavy atom. The van der Waals surface area contributed by atoms with Crippen molar-refractivity contribution >= 4 is 30.0 Å². The fraction of sp³-hybridized carbons (Fsp3) is 0.351. The molecule has 3 aromatic carbocycles. The summed E-state index contributed by atoms with van der Waals surface area (Å²) in [5.41, 5.74) is 3.34. The number of carbonyl (C=O) groups excluding carboxylic acids is 2. The number of esters is 2. The summed E-state index contributed by atoms with van der Waals surface area (Å²) >= 11 is 0. The highest BCUT2D eigenvalue weighted by atomic mass is 35.5. The average molecular weight is 660 g/mol. The molecule has 0 amide bonds. The minimum atomic E-state index is -0.913. The van der Waals surface area contributed by atoms with Crippen LogP contribution in [0.15, 0.2) is 107 Å². The number of hydrogen-bond donors (Lipinski definition) is 1. The molecular weight excluding hydrogens is 618 g/mol. The number of rotatable bonds is 9. The third kappa shape index (κ3) is 7.42. The maximum absolute atomic E-state index is 14.1. The zero-order valence-corrected chi connectivity index (χ0v) is 28.3. The summed E-state index contributed by atoms with van der Waals surface area (Å²) in [7, 11) is 1.27. The monoisotopic (exact) mass is 659 g/mol. The van der Waals surface area contributed by atoms with Crippen molar-refractivity contribution in [1.29, 1.82) is 0 Å². The van der Waals surface area contributed by atoms with Gasteiger partial charge in [0.1, 0.15) is 5.60 Å².